The van der Waals surface area contributed by atoms with Crippen molar-refractivity contribution in [3.05, 3.63) is 60.0 Å². The highest BCUT2D eigenvalue weighted by Gasteiger charge is 2.03. The maximum absolute atomic E-state index is 11.7. The van der Waals surface area contributed by atoms with Gasteiger partial charge in [0.2, 0.25) is 5.90 Å². The Morgan fingerprint density at radius 2 is 2.19 bits per heavy atom. The van der Waals surface area contributed by atoms with E-state index in [4.69, 9.17) is 4.74 Å². The highest BCUT2D eigenvalue weighted by atomic mass is 16.5. The molecule has 0 atom stereocenters. The van der Waals surface area contributed by atoms with Crippen molar-refractivity contribution in [3.8, 4) is 5.75 Å². The number of hydrogen-bond donors (Lipinski definition) is 1. The molecular formula is C16H14N2O3. The van der Waals surface area contributed by atoms with E-state index in [-0.39, 0.29) is 11.6 Å². The van der Waals surface area contributed by atoms with Gasteiger partial charge >= 0.3 is 5.97 Å². The number of carbonyl (C=O) groups excluding carboxylic acids is 1. The van der Waals surface area contributed by atoms with Crippen LogP contribution in [0.25, 0.3) is 6.08 Å². The smallest absolute Gasteiger partial charge is 0.337 e. The molecule has 1 N–H and O–H groups in total. The van der Waals surface area contributed by atoms with Gasteiger partial charge in [-0.1, -0.05) is 6.07 Å². The fraction of sp³-hybridized carbons (Fsp3) is 0.0625. The van der Waals surface area contributed by atoms with Crippen LogP contribution >= 0.6 is 0 Å². The minimum absolute atomic E-state index is 0.166. The molecule has 0 fully saturated rings. The Hall–Kier alpha value is -2.95. The Labute approximate surface area is 122 Å². The number of aromatic hydroxyl groups is 1. The fourth-order valence-corrected chi connectivity index (χ4v) is 1.55. The van der Waals surface area contributed by atoms with Crippen LogP contribution in [0.15, 0.2) is 58.8 Å². The van der Waals surface area contributed by atoms with Crippen molar-refractivity contribution in [2.45, 2.75) is 6.92 Å². The molecule has 0 bridgehead atoms. The van der Waals surface area contributed by atoms with Crippen molar-refractivity contribution in [1.29, 1.82) is 0 Å². The second-order valence-electron chi connectivity index (χ2n) is 4.22. The summed E-state index contributed by atoms with van der Waals surface area (Å²) in [6, 6.07) is 5.05. The zero-order valence-electron chi connectivity index (χ0n) is 11.4. The Kier molecular flexibility index (Phi) is 4.82. The van der Waals surface area contributed by atoms with Gasteiger partial charge in [0.05, 0.1) is 0 Å². The molecule has 0 amide bonds. The van der Waals surface area contributed by atoms with Gasteiger partial charge in [0.15, 0.2) is 0 Å². The van der Waals surface area contributed by atoms with E-state index in [1.165, 1.54) is 24.6 Å². The molecule has 1 aromatic carbocycles. The first-order chi connectivity index (χ1) is 10.1. The summed E-state index contributed by atoms with van der Waals surface area (Å²) >= 11 is 0. The van der Waals surface area contributed by atoms with Crippen LogP contribution in [0.4, 0.5) is 0 Å². The summed E-state index contributed by atoms with van der Waals surface area (Å²) < 4.78 is 5.07. The van der Waals surface area contributed by atoms with Gasteiger partial charge in [0, 0.05) is 30.8 Å². The third kappa shape index (κ3) is 4.58. The molecule has 1 aromatic rings. The highest BCUT2D eigenvalue weighted by molar-refractivity contribution is 6.01. The number of rotatable bonds is 2. The monoisotopic (exact) mass is 282 g/mol. The first-order valence-corrected chi connectivity index (χ1v) is 6.27. The number of carbonyl (C=O) groups is 1. The van der Waals surface area contributed by atoms with Crippen LogP contribution in [0.3, 0.4) is 0 Å². The molecule has 1 aliphatic heterocycles. The normalized spacial score (nSPS) is 20.9. The third-order valence-electron chi connectivity index (χ3n) is 2.60. The molecule has 106 valence electrons. The zero-order chi connectivity index (χ0) is 15.1. The maximum Gasteiger partial charge on any atom is 0.337 e. The van der Waals surface area contributed by atoms with Crippen molar-refractivity contribution >= 4 is 24.2 Å². The number of esters is 1. The Balaban J connectivity index is 2.01. The summed E-state index contributed by atoms with van der Waals surface area (Å²) in [6.45, 7) is 1.78. The number of ether oxygens (including phenoxy) is 1. The van der Waals surface area contributed by atoms with Crippen LogP contribution in [-0.4, -0.2) is 23.2 Å². The van der Waals surface area contributed by atoms with Crippen molar-refractivity contribution in [2.24, 2.45) is 9.98 Å². The number of allylic oxidation sites excluding steroid dienone is 1. The van der Waals surface area contributed by atoms with Crippen LogP contribution in [-0.2, 0) is 9.53 Å². The maximum atomic E-state index is 11.7. The van der Waals surface area contributed by atoms with E-state index in [0.717, 1.165) is 11.1 Å². The van der Waals surface area contributed by atoms with Gasteiger partial charge in [-0.2, -0.15) is 0 Å². The molecule has 1 aliphatic rings. The van der Waals surface area contributed by atoms with Crippen LogP contribution in [0, 0.1) is 6.92 Å². The Morgan fingerprint density at radius 1 is 1.33 bits per heavy atom. The van der Waals surface area contributed by atoms with Crippen LogP contribution in [0.5, 0.6) is 5.75 Å². The van der Waals surface area contributed by atoms with E-state index in [9.17, 15) is 9.90 Å². The second-order valence-corrected chi connectivity index (χ2v) is 4.22. The number of benzene rings is 1. The van der Waals surface area contributed by atoms with Gasteiger partial charge < -0.3 is 9.84 Å². The molecule has 21 heavy (non-hydrogen) atoms. The number of phenolic OH excluding ortho intramolecular Hbond substituents is 1. The molecule has 5 heteroatoms. The second kappa shape index (κ2) is 7.00. The molecule has 2 rings (SSSR count). The molecular weight excluding hydrogens is 268 g/mol. The first kappa shape index (κ1) is 14.5. The lowest BCUT2D eigenvalue weighted by Crippen LogP contribution is -2.07. The predicted octanol–water partition coefficient (Wildman–Crippen LogP) is 2.77. The number of phenols is 1. The van der Waals surface area contributed by atoms with Crippen molar-refractivity contribution in [2.75, 3.05) is 0 Å². The summed E-state index contributed by atoms with van der Waals surface area (Å²) in [6.07, 6.45) is 10.6. The Bertz CT molecular complexity index is 683. The van der Waals surface area contributed by atoms with Gasteiger partial charge in [-0.25, -0.2) is 9.79 Å². The molecule has 0 unspecified atom stereocenters. The van der Waals surface area contributed by atoms with E-state index >= 15 is 0 Å². The SMILES string of the molecule is Cc1cc(C=CC(=O)OC2=N/C=C\C=N/C=C\2)ccc1O. The van der Waals surface area contributed by atoms with E-state index in [1.54, 1.807) is 43.5 Å². The van der Waals surface area contributed by atoms with Crippen LogP contribution in [0.1, 0.15) is 11.1 Å². The van der Waals surface area contributed by atoms with Crippen molar-refractivity contribution < 1.29 is 14.6 Å². The minimum Gasteiger partial charge on any atom is -0.508 e. The lowest BCUT2D eigenvalue weighted by molar-refractivity contribution is -0.129. The average Bonchev–Trinajstić information content (AvgIpc) is 2.43. The van der Waals surface area contributed by atoms with Crippen LogP contribution in [0.2, 0.25) is 0 Å². The molecule has 0 spiro atoms. The minimum atomic E-state index is -0.540. The van der Waals surface area contributed by atoms with Crippen molar-refractivity contribution in [3.63, 3.8) is 0 Å². The largest absolute Gasteiger partial charge is 0.508 e. The van der Waals surface area contributed by atoms with E-state index in [1.807, 2.05) is 0 Å². The van der Waals surface area contributed by atoms with Gasteiger partial charge in [0.25, 0.3) is 0 Å². The summed E-state index contributed by atoms with van der Waals surface area (Å²) in [5, 5.41) is 9.43. The molecule has 0 saturated heterocycles. The average molecular weight is 282 g/mol. The number of hydrogen-bond acceptors (Lipinski definition) is 5. The molecule has 1 heterocycles. The summed E-state index contributed by atoms with van der Waals surface area (Å²) in [7, 11) is 0. The number of aryl methyl sites for hydroxylation is 1. The van der Waals surface area contributed by atoms with E-state index in [0.29, 0.717) is 0 Å². The van der Waals surface area contributed by atoms with Crippen LogP contribution < -0.4 is 0 Å². The fourth-order valence-electron chi connectivity index (χ4n) is 1.55. The Morgan fingerprint density at radius 3 is 3.00 bits per heavy atom. The standard InChI is InChI=1S/C16H14N2O3/c1-12-11-13(3-5-14(12)19)4-6-16(20)21-15-7-10-17-8-2-9-18-15/h2-11,19H,1H3/b6-4?,8-2?,9-2-,10-7-,15-7?,17-8-,17-10?,18-9?,18-15+. The first-order valence-electron chi connectivity index (χ1n) is 6.27. The lowest BCUT2D eigenvalue weighted by Gasteiger charge is -2.01. The highest BCUT2D eigenvalue weighted by Crippen LogP contribution is 2.17. The number of aliphatic imine (C=N–C) groups is 2. The predicted molar refractivity (Wildman–Crippen MR) is 82.2 cm³/mol. The van der Waals surface area contributed by atoms with Gasteiger partial charge in [-0.15, -0.1) is 0 Å². The zero-order valence-corrected chi connectivity index (χ0v) is 11.4. The molecule has 0 saturated carbocycles. The van der Waals surface area contributed by atoms with Crippen molar-refractivity contribution in [1.82, 2.24) is 0 Å². The topological polar surface area (TPSA) is 71.2 Å². The van der Waals surface area contributed by atoms with Gasteiger partial charge in [0.1, 0.15) is 5.75 Å². The molecule has 0 aliphatic carbocycles. The number of nitrogens with zero attached hydrogens (tertiary/aromatic N) is 2. The third-order valence-corrected chi connectivity index (χ3v) is 2.60. The summed E-state index contributed by atoms with van der Waals surface area (Å²) in [5.41, 5.74) is 1.53. The van der Waals surface area contributed by atoms with E-state index < -0.39 is 5.97 Å². The van der Waals surface area contributed by atoms with E-state index in [2.05, 4.69) is 9.98 Å². The molecule has 5 nitrogen and oxygen atoms in total. The molecule has 0 aromatic heterocycles. The van der Waals surface area contributed by atoms with Gasteiger partial charge in [-0.3, -0.25) is 4.99 Å². The lowest BCUT2D eigenvalue weighted by atomic mass is 10.1. The summed E-state index contributed by atoms with van der Waals surface area (Å²) in [4.78, 5) is 19.5. The van der Waals surface area contributed by atoms with Gasteiger partial charge in [-0.05, 0) is 42.3 Å². The molecule has 0 radical (unpaired) electrons. The summed E-state index contributed by atoms with van der Waals surface area (Å²) in [5.74, 6) is -0.155. The quantitative estimate of drug-likeness (QED) is 0.669.